The fraction of sp³-hybridized carbons (Fsp3) is 0.263. The van der Waals surface area contributed by atoms with E-state index in [-0.39, 0.29) is 30.5 Å². The van der Waals surface area contributed by atoms with Crippen molar-refractivity contribution in [3.05, 3.63) is 65.5 Å². The number of hydrogen-bond donors (Lipinski definition) is 1. The third-order valence-corrected chi connectivity index (χ3v) is 4.19. The van der Waals surface area contributed by atoms with E-state index in [4.69, 9.17) is 0 Å². The monoisotopic (exact) mass is 326 g/mol. The Morgan fingerprint density at radius 2 is 2.04 bits per heavy atom. The van der Waals surface area contributed by atoms with E-state index in [1.54, 1.807) is 18.2 Å². The summed E-state index contributed by atoms with van der Waals surface area (Å²) >= 11 is 0. The lowest BCUT2D eigenvalue weighted by atomic mass is 10.1. The van der Waals surface area contributed by atoms with Crippen LogP contribution >= 0.6 is 0 Å². The summed E-state index contributed by atoms with van der Waals surface area (Å²) in [5, 5.41) is 2.86. The molecule has 5 heteroatoms. The highest BCUT2D eigenvalue weighted by atomic mass is 19.1. The van der Waals surface area contributed by atoms with Crippen LogP contribution in [0.2, 0.25) is 0 Å². The summed E-state index contributed by atoms with van der Waals surface area (Å²) in [7, 11) is 0. The Labute approximate surface area is 140 Å². The van der Waals surface area contributed by atoms with Gasteiger partial charge < -0.3 is 10.2 Å². The molecular weight excluding hydrogens is 307 g/mol. The smallest absolute Gasteiger partial charge is 0.227 e. The highest BCUT2D eigenvalue weighted by molar-refractivity contribution is 6.00. The Morgan fingerprint density at radius 3 is 2.79 bits per heavy atom. The summed E-state index contributed by atoms with van der Waals surface area (Å²) in [6.07, 6.45) is 0.105. The fourth-order valence-electron chi connectivity index (χ4n) is 2.94. The van der Waals surface area contributed by atoms with Crippen LogP contribution in [0, 0.1) is 18.7 Å². The van der Waals surface area contributed by atoms with E-state index < -0.39 is 11.7 Å². The number of halogens is 1. The summed E-state index contributed by atoms with van der Waals surface area (Å²) < 4.78 is 13.9. The number of amides is 2. The molecule has 4 nitrogen and oxygen atoms in total. The standard InChI is InChI=1S/C19H19FN2O2/c1-13-5-4-6-14(9-13)11-21-19(24)15-10-18(23)22(12-15)17-8-3-2-7-16(17)20/h2-9,15H,10-12H2,1H3,(H,21,24)/t15-/m1/s1. The second kappa shape index (κ2) is 6.83. The molecule has 1 fully saturated rings. The Balaban J connectivity index is 1.63. The molecule has 0 bridgehead atoms. The highest BCUT2D eigenvalue weighted by Gasteiger charge is 2.35. The quantitative estimate of drug-likeness (QED) is 0.939. The molecule has 1 N–H and O–H groups in total. The van der Waals surface area contributed by atoms with Gasteiger partial charge in [0.1, 0.15) is 5.82 Å². The van der Waals surface area contributed by atoms with Crippen LogP contribution in [-0.2, 0) is 16.1 Å². The summed E-state index contributed by atoms with van der Waals surface area (Å²) in [4.78, 5) is 25.8. The summed E-state index contributed by atoms with van der Waals surface area (Å²) in [6.45, 7) is 2.62. The van der Waals surface area contributed by atoms with E-state index in [1.165, 1.54) is 11.0 Å². The lowest BCUT2D eigenvalue weighted by molar-refractivity contribution is -0.126. The zero-order chi connectivity index (χ0) is 17.1. The first kappa shape index (κ1) is 16.2. The SMILES string of the molecule is Cc1cccc(CNC(=O)[C@@H]2CC(=O)N(c3ccccc3F)C2)c1. The number of para-hydroxylation sites is 1. The van der Waals surface area contributed by atoms with E-state index >= 15 is 0 Å². The van der Waals surface area contributed by atoms with Crippen molar-refractivity contribution in [3.8, 4) is 0 Å². The second-order valence-corrected chi connectivity index (χ2v) is 6.06. The van der Waals surface area contributed by atoms with Crippen LogP contribution in [0.15, 0.2) is 48.5 Å². The number of carbonyl (C=O) groups is 2. The molecule has 2 amide bonds. The molecule has 1 heterocycles. The predicted octanol–water partition coefficient (Wildman–Crippen LogP) is 2.80. The Kier molecular flexibility index (Phi) is 4.60. The minimum Gasteiger partial charge on any atom is -0.352 e. The average Bonchev–Trinajstić information content (AvgIpc) is 2.95. The van der Waals surface area contributed by atoms with Gasteiger partial charge in [0.15, 0.2) is 0 Å². The van der Waals surface area contributed by atoms with Crippen LogP contribution in [0.25, 0.3) is 0 Å². The van der Waals surface area contributed by atoms with Crippen molar-refractivity contribution in [2.24, 2.45) is 5.92 Å². The summed E-state index contributed by atoms with van der Waals surface area (Å²) in [6, 6.07) is 14.0. The van der Waals surface area contributed by atoms with Gasteiger partial charge in [-0.1, -0.05) is 42.0 Å². The molecule has 0 aliphatic carbocycles. The fourth-order valence-corrected chi connectivity index (χ4v) is 2.94. The van der Waals surface area contributed by atoms with Gasteiger partial charge in [-0.15, -0.1) is 0 Å². The molecule has 0 saturated carbocycles. The van der Waals surface area contributed by atoms with Crippen molar-refractivity contribution in [2.45, 2.75) is 19.9 Å². The highest BCUT2D eigenvalue weighted by Crippen LogP contribution is 2.27. The molecule has 0 aromatic heterocycles. The molecule has 24 heavy (non-hydrogen) atoms. The zero-order valence-corrected chi connectivity index (χ0v) is 13.5. The van der Waals surface area contributed by atoms with Crippen molar-refractivity contribution >= 4 is 17.5 Å². The molecule has 1 atom stereocenters. The van der Waals surface area contributed by atoms with Gasteiger partial charge in [0.05, 0.1) is 11.6 Å². The summed E-state index contributed by atoms with van der Waals surface area (Å²) in [5.41, 5.74) is 2.37. The molecule has 2 aromatic carbocycles. The van der Waals surface area contributed by atoms with Crippen LogP contribution in [-0.4, -0.2) is 18.4 Å². The molecule has 1 aliphatic rings. The number of nitrogens with zero attached hydrogens (tertiary/aromatic N) is 1. The lowest BCUT2D eigenvalue weighted by Crippen LogP contribution is -2.32. The minimum absolute atomic E-state index is 0.105. The normalized spacial score (nSPS) is 17.2. The topological polar surface area (TPSA) is 49.4 Å². The number of aryl methyl sites for hydroxylation is 1. The molecule has 0 spiro atoms. The number of rotatable bonds is 4. The van der Waals surface area contributed by atoms with Gasteiger partial charge in [0.25, 0.3) is 0 Å². The first-order valence-electron chi connectivity index (χ1n) is 7.93. The van der Waals surface area contributed by atoms with E-state index in [9.17, 15) is 14.0 Å². The lowest BCUT2D eigenvalue weighted by Gasteiger charge is -2.17. The van der Waals surface area contributed by atoms with Gasteiger partial charge in [0.2, 0.25) is 11.8 Å². The third-order valence-electron chi connectivity index (χ3n) is 4.19. The molecule has 0 radical (unpaired) electrons. The predicted molar refractivity (Wildman–Crippen MR) is 89.9 cm³/mol. The second-order valence-electron chi connectivity index (χ2n) is 6.06. The van der Waals surface area contributed by atoms with Crippen LogP contribution in [0.4, 0.5) is 10.1 Å². The van der Waals surface area contributed by atoms with Crippen LogP contribution < -0.4 is 10.2 Å². The molecule has 1 saturated heterocycles. The number of hydrogen-bond acceptors (Lipinski definition) is 2. The van der Waals surface area contributed by atoms with Gasteiger partial charge in [-0.05, 0) is 24.6 Å². The van der Waals surface area contributed by atoms with Crippen LogP contribution in [0.1, 0.15) is 17.5 Å². The van der Waals surface area contributed by atoms with E-state index in [0.717, 1.165) is 11.1 Å². The van der Waals surface area contributed by atoms with E-state index in [1.807, 2.05) is 31.2 Å². The van der Waals surface area contributed by atoms with Crippen LogP contribution in [0.5, 0.6) is 0 Å². The van der Waals surface area contributed by atoms with Crippen molar-refractivity contribution in [3.63, 3.8) is 0 Å². The largest absolute Gasteiger partial charge is 0.352 e. The Bertz CT molecular complexity index is 775. The van der Waals surface area contributed by atoms with Gasteiger partial charge in [-0.2, -0.15) is 0 Å². The van der Waals surface area contributed by atoms with Gasteiger partial charge in [0, 0.05) is 19.5 Å². The van der Waals surface area contributed by atoms with Crippen molar-refractivity contribution in [1.29, 1.82) is 0 Å². The maximum atomic E-state index is 13.9. The molecule has 3 rings (SSSR count). The summed E-state index contributed by atoms with van der Waals surface area (Å²) in [5.74, 6) is -1.31. The first-order chi connectivity index (χ1) is 11.5. The van der Waals surface area contributed by atoms with Crippen LogP contribution in [0.3, 0.4) is 0 Å². The first-order valence-corrected chi connectivity index (χ1v) is 7.93. The maximum absolute atomic E-state index is 13.9. The molecule has 1 aliphatic heterocycles. The van der Waals surface area contributed by atoms with Gasteiger partial charge in [-0.25, -0.2) is 4.39 Å². The van der Waals surface area contributed by atoms with E-state index in [2.05, 4.69) is 5.32 Å². The average molecular weight is 326 g/mol. The van der Waals surface area contributed by atoms with Crippen molar-refractivity contribution < 1.29 is 14.0 Å². The van der Waals surface area contributed by atoms with Gasteiger partial charge >= 0.3 is 0 Å². The Hall–Kier alpha value is -2.69. The number of nitrogens with one attached hydrogen (secondary N) is 1. The maximum Gasteiger partial charge on any atom is 0.227 e. The number of anilines is 1. The molecule has 2 aromatic rings. The minimum atomic E-state index is -0.457. The zero-order valence-electron chi connectivity index (χ0n) is 13.5. The number of carbonyl (C=O) groups excluding carboxylic acids is 2. The number of benzene rings is 2. The molecular formula is C19H19FN2O2. The molecule has 0 unspecified atom stereocenters. The molecule has 124 valence electrons. The Morgan fingerprint density at radius 1 is 1.25 bits per heavy atom. The van der Waals surface area contributed by atoms with Gasteiger partial charge in [-0.3, -0.25) is 9.59 Å². The third kappa shape index (κ3) is 3.45. The van der Waals surface area contributed by atoms with Crippen molar-refractivity contribution in [2.75, 3.05) is 11.4 Å². The van der Waals surface area contributed by atoms with Crippen molar-refractivity contribution in [1.82, 2.24) is 5.32 Å². The van der Waals surface area contributed by atoms with E-state index in [0.29, 0.717) is 6.54 Å².